The Kier molecular flexibility index (Phi) is 15.2. The van der Waals surface area contributed by atoms with Crippen LogP contribution in [0.3, 0.4) is 0 Å². The van der Waals surface area contributed by atoms with Gasteiger partial charge in [0.05, 0.1) is 6.42 Å². The first-order valence-corrected chi connectivity index (χ1v) is 22.6. The molecule has 338 valence electrons. The molecular weight excluding hydrogens is 861 g/mol. The largest absolute Gasteiger partial charge is 0.458 e. The molecular formula is C45H52N8O9S2. The molecule has 0 bridgehead atoms. The second kappa shape index (κ2) is 20.5. The molecule has 3 N–H and O–H groups in total. The number of amides is 4. The summed E-state index contributed by atoms with van der Waals surface area (Å²) in [5.41, 5.74) is 1.79. The van der Waals surface area contributed by atoms with Crippen LogP contribution in [0.15, 0.2) is 101 Å². The number of benzene rings is 3. The molecule has 3 atom stereocenters. The van der Waals surface area contributed by atoms with Crippen molar-refractivity contribution in [1.82, 2.24) is 35.7 Å². The molecule has 3 aromatic carbocycles. The van der Waals surface area contributed by atoms with Crippen molar-refractivity contribution >= 4 is 65.0 Å². The molecule has 0 saturated carbocycles. The lowest BCUT2D eigenvalue weighted by Gasteiger charge is -2.49. The van der Waals surface area contributed by atoms with Gasteiger partial charge in [0.15, 0.2) is 6.10 Å². The predicted molar refractivity (Wildman–Crippen MR) is 239 cm³/mol. The van der Waals surface area contributed by atoms with Gasteiger partial charge < -0.3 is 30.2 Å². The summed E-state index contributed by atoms with van der Waals surface area (Å²) in [6.45, 7) is 10.2. The van der Waals surface area contributed by atoms with Gasteiger partial charge in [-0.1, -0.05) is 84.6 Å². The van der Waals surface area contributed by atoms with Crippen LogP contribution in [0.2, 0.25) is 0 Å². The van der Waals surface area contributed by atoms with Crippen LogP contribution in [0.1, 0.15) is 77.2 Å². The average Bonchev–Trinajstić information content (AvgIpc) is 3.66. The van der Waals surface area contributed by atoms with E-state index in [9.17, 15) is 28.8 Å². The van der Waals surface area contributed by atoms with Gasteiger partial charge in [0.1, 0.15) is 34.4 Å². The highest BCUT2D eigenvalue weighted by molar-refractivity contribution is 8.01. The van der Waals surface area contributed by atoms with Gasteiger partial charge in [-0.2, -0.15) is 0 Å². The van der Waals surface area contributed by atoms with Crippen LogP contribution in [0.5, 0.6) is 0 Å². The van der Waals surface area contributed by atoms with Crippen molar-refractivity contribution in [2.45, 2.75) is 101 Å². The lowest BCUT2D eigenvalue weighted by Crippen LogP contribution is -2.70. The fourth-order valence-corrected chi connectivity index (χ4v) is 9.05. The number of nitrogens with one attached hydrogen (secondary N) is 3. The molecule has 4 amide bonds. The number of hydrogen-bond acceptors (Lipinski definition) is 14. The molecule has 2 aliphatic heterocycles. The summed E-state index contributed by atoms with van der Waals surface area (Å²) < 4.78 is 18.5. The first-order valence-electron chi connectivity index (χ1n) is 20.6. The number of thioether (sulfide) groups is 2. The van der Waals surface area contributed by atoms with Gasteiger partial charge in [-0.3, -0.25) is 19.3 Å². The number of aromatic nitrogens is 4. The van der Waals surface area contributed by atoms with Gasteiger partial charge in [-0.05, 0) is 92.8 Å². The van der Waals surface area contributed by atoms with E-state index >= 15 is 0 Å². The molecule has 1 saturated heterocycles. The Morgan fingerprint density at radius 2 is 1.48 bits per heavy atom. The number of ether oxygens (including phenoxy) is 3. The van der Waals surface area contributed by atoms with Crippen LogP contribution in [-0.4, -0.2) is 101 Å². The molecule has 1 aromatic heterocycles. The van der Waals surface area contributed by atoms with Crippen molar-refractivity contribution in [2.75, 3.05) is 16.8 Å². The maximum atomic E-state index is 14.3. The minimum Gasteiger partial charge on any atom is -0.458 e. The molecule has 0 radical (unpaired) electrons. The van der Waals surface area contributed by atoms with E-state index < -0.39 is 70.5 Å². The molecule has 17 nitrogen and oxygen atoms in total. The minimum absolute atomic E-state index is 0.0457. The second-order valence-corrected chi connectivity index (χ2v) is 19.1. The molecule has 19 heteroatoms. The Morgan fingerprint density at radius 3 is 2.06 bits per heavy atom. The molecule has 1 fully saturated rings. The summed E-state index contributed by atoms with van der Waals surface area (Å²) in [6, 6.07) is 23.3. The standard InChI is InChI=1S/C45H52N8O9S2/c1-44(2,3)61-40(57)32(47-43(59)62-45(4,5)6)22-23-33(54)46-31-20-18-27(19-21-31)24-34(55)48-35-38(56)53-36(30(25-63-39(35)53)26-64-42-49-50-51-52(42)7)41(58)60-37(28-14-10-8-11-15-28)29-16-12-9-13-17-29/h8-21,32,35,37,39H,22-26H2,1-7H3,(H,46,54)(H,47,59)(H,48,55)/t32-,35-,39-/m1/s1. The number of tetrazole rings is 1. The number of fused-ring (bicyclic) bond motifs is 1. The van der Waals surface area contributed by atoms with E-state index in [1.807, 2.05) is 60.7 Å². The Balaban J connectivity index is 1.08. The monoisotopic (exact) mass is 912 g/mol. The normalized spacial score (nSPS) is 16.6. The van der Waals surface area contributed by atoms with Crippen molar-refractivity contribution in [3.05, 3.63) is 113 Å². The maximum Gasteiger partial charge on any atom is 0.408 e. The van der Waals surface area contributed by atoms with Crippen molar-refractivity contribution < 1.29 is 43.0 Å². The van der Waals surface area contributed by atoms with Gasteiger partial charge in [0.2, 0.25) is 17.0 Å². The maximum absolute atomic E-state index is 14.3. The molecule has 6 rings (SSSR count). The predicted octanol–water partition coefficient (Wildman–Crippen LogP) is 5.49. The number of rotatable bonds is 16. The number of alkyl carbamates (subject to hydrolysis) is 1. The SMILES string of the molecule is Cn1nnnc1SCC1=C(C(=O)OC(c2ccccc2)c2ccccc2)N2C(=O)[C@@H](NC(=O)Cc3ccc(NC(=O)CC[C@@H](NC(=O)OC(C)(C)C)C(=O)OC(C)(C)C)cc3)[C@H]2SC1. The third kappa shape index (κ3) is 12.7. The summed E-state index contributed by atoms with van der Waals surface area (Å²) in [5.74, 6) is -1.92. The van der Waals surface area contributed by atoms with Crippen LogP contribution >= 0.6 is 23.5 Å². The number of hydrogen-bond donors (Lipinski definition) is 3. The fourth-order valence-electron chi connectivity index (χ4n) is 6.71. The zero-order chi connectivity index (χ0) is 46.2. The summed E-state index contributed by atoms with van der Waals surface area (Å²) in [7, 11) is 1.71. The molecule has 2 aliphatic rings. The number of esters is 2. The van der Waals surface area contributed by atoms with Crippen LogP contribution < -0.4 is 16.0 Å². The van der Waals surface area contributed by atoms with Gasteiger partial charge in [-0.25, -0.2) is 19.1 Å². The van der Waals surface area contributed by atoms with Gasteiger partial charge in [-0.15, -0.1) is 16.9 Å². The molecule has 0 unspecified atom stereocenters. The Labute approximate surface area is 379 Å². The van der Waals surface area contributed by atoms with E-state index in [0.717, 1.165) is 11.1 Å². The first kappa shape index (κ1) is 47.3. The smallest absolute Gasteiger partial charge is 0.408 e. The lowest BCUT2D eigenvalue weighted by molar-refractivity contribution is -0.157. The van der Waals surface area contributed by atoms with E-state index in [0.29, 0.717) is 33.5 Å². The Hall–Kier alpha value is -6.21. The van der Waals surface area contributed by atoms with E-state index in [1.165, 1.54) is 33.1 Å². The number of nitrogens with zero attached hydrogens (tertiary/aromatic N) is 5. The highest BCUT2D eigenvalue weighted by atomic mass is 32.2. The van der Waals surface area contributed by atoms with E-state index in [1.54, 1.807) is 72.9 Å². The van der Waals surface area contributed by atoms with Gasteiger partial charge >= 0.3 is 18.0 Å². The van der Waals surface area contributed by atoms with Crippen molar-refractivity contribution in [1.29, 1.82) is 0 Å². The van der Waals surface area contributed by atoms with Gasteiger partial charge in [0.25, 0.3) is 5.91 Å². The third-order valence-electron chi connectivity index (χ3n) is 9.59. The number of β-lactam (4-membered cyclic amide) rings is 1. The molecule has 0 aliphatic carbocycles. The summed E-state index contributed by atoms with van der Waals surface area (Å²) in [5, 5.41) is 19.7. The van der Waals surface area contributed by atoms with E-state index in [4.69, 9.17) is 14.2 Å². The summed E-state index contributed by atoms with van der Waals surface area (Å²) in [4.78, 5) is 81.3. The molecule has 0 spiro atoms. The van der Waals surface area contributed by atoms with Crippen molar-refractivity contribution in [3.63, 3.8) is 0 Å². The van der Waals surface area contributed by atoms with Gasteiger partial charge in [0, 0.05) is 30.7 Å². The summed E-state index contributed by atoms with van der Waals surface area (Å²) in [6.07, 6.45) is -1.78. The van der Waals surface area contributed by atoms with Crippen LogP contribution in [0.4, 0.5) is 10.5 Å². The van der Waals surface area contributed by atoms with Crippen molar-refractivity contribution in [2.24, 2.45) is 7.05 Å². The topological polar surface area (TPSA) is 213 Å². The third-order valence-corrected chi connectivity index (χ3v) is 12.0. The van der Waals surface area contributed by atoms with Crippen LogP contribution in [0, 0.1) is 0 Å². The minimum atomic E-state index is -1.13. The number of carbonyl (C=O) groups is 6. The molecule has 4 aromatic rings. The highest BCUT2D eigenvalue weighted by Gasteiger charge is 2.54. The fraction of sp³-hybridized carbons (Fsp3) is 0.400. The van der Waals surface area contributed by atoms with Crippen LogP contribution in [-0.2, 0) is 51.7 Å². The number of aryl methyl sites for hydroxylation is 1. The first-order chi connectivity index (χ1) is 30.3. The van der Waals surface area contributed by atoms with Crippen molar-refractivity contribution in [3.8, 4) is 0 Å². The zero-order valence-corrected chi connectivity index (χ0v) is 38.3. The number of carbonyl (C=O) groups excluding carboxylic acids is 6. The number of anilines is 1. The highest BCUT2D eigenvalue weighted by Crippen LogP contribution is 2.43. The molecule has 3 heterocycles. The quantitative estimate of drug-likeness (QED) is 0.0550. The van der Waals surface area contributed by atoms with E-state index in [-0.39, 0.29) is 25.0 Å². The van der Waals surface area contributed by atoms with E-state index in [2.05, 4.69) is 31.5 Å². The lowest BCUT2D eigenvalue weighted by atomic mass is 10.0. The zero-order valence-electron chi connectivity index (χ0n) is 36.7. The Morgan fingerprint density at radius 1 is 0.859 bits per heavy atom. The molecule has 64 heavy (non-hydrogen) atoms. The van der Waals surface area contributed by atoms with Crippen LogP contribution in [0.25, 0.3) is 0 Å². The Bertz CT molecular complexity index is 2320. The average molecular weight is 913 g/mol. The second-order valence-electron chi connectivity index (χ2n) is 17.1. The summed E-state index contributed by atoms with van der Waals surface area (Å²) >= 11 is 2.77.